The fourth-order valence-corrected chi connectivity index (χ4v) is 3.95. The number of nitrogens with one attached hydrogen (secondary N) is 1. The van der Waals surface area contributed by atoms with Crippen LogP contribution in [0.3, 0.4) is 0 Å². The van der Waals surface area contributed by atoms with E-state index in [4.69, 9.17) is 9.84 Å². The first-order valence-electron chi connectivity index (χ1n) is 10.8. The number of benzene rings is 2. The number of para-hydroxylation sites is 2. The average Bonchev–Trinajstić information content (AvgIpc) is 2.79. The maximum atomic E-state index is 11.3. The van der Waals surface area contributed by atoms with Crippen molar-refractivity contribution in [3.05, 3.63) is 54.1 Å². The SMILES string of the molecule is COc1ccccc1N1CCN(CCCCCc2cccc(NC(=O)CO)c2)CC1. The molecule has 2 aromatic carbocycles. The molecule has 0 spiro atoms. The van der Waals surface area contributed by atoms with Crippen molar-refractivity contribution in [3.63, 3.8) is 0 Å². The third-order valence-corrected chi connectivity index (χ3v) is 5.59. The molecule has 6 nitrogen and oxygen atoms in total. The summed E-state index contributed by atoms with van der Waals surface area (Å²) < 4.78 is 5.50. The van der Waals surface area contributed by atoms with Crippen molar-refractivity contribution in [2.24, 2.45) is 0 Å². The zero-order valence-electron chi connectivity index (χ0n) is 17.8. The lowest BCUT2D eigenvalue weighted by molar-refractivity contribution is -0.118. The number of rotatable bonds is 10. The van der Waals surface area contributed by atoms with Gasteiger partial charge in [-0.1, -0.05) is 30.7 Å². The zero-order chi connectivity index (χ0) is 21.2. The largest absolute Gasteiger partial charge is 0.495 e. The van der Waals surface area contributed by atoms with Gasteiger partial charge in [0.15, 0.2) is 0 Å². The van der Waals surface area contributed by atoms with Gasteiger partial charge in [0.25, 0.3) is 0 Å². The Bertz CT molecular complexity index is 804. The fraction of sp³-hybridized carbons (Fsp3) is 0.458. The monoisotopic (exact) mass is 411 g/mol. The number of aryl methyl sites for hydroxylation is 1. The van der Waals surface area contributed by atoms with Gasteiger partial charge in [0, 0.05) is 31.9 Å². The van der Waals surface area contributed by atoms with Crippen LogP contribution in [-0.4, -0.2) is 62.4 Å². The normalized spacial score (nSPS) is 14.5. The van der Waals surface area contributed by atoms with Crippen LogP contribution in [0.2, 0.25) is 0 Å². The summed E-state index contributed by atoms with van der Waals surface area (Å²) in [5.74, 6) is 0.573. The number of piperazine rings is 1. The number of hydrogen-bond donors (Lipinski definition) is 2. The van der Waals surface area contributed by atoms with E-state index in [-0.39, 0.29) is 5.91 Å². The average molecular weight is 412 g/mol. The van der Waals surface area contributed by atoms with Crippen molar-refractivity contribution >= 4 is 17.3 Å². The van der Waals surface area contributed by atoms with Gasteiger partial charge in [0.2, 0.25) is 5.91 Å². The van der Waals surface area contributed by atoms with Crippen molar-refractivity contribution in [1.82, 2.24) is 4.90 Å². The summed E-state index contributed by atoms with van der Waals surface area (Å²) in [4.78, 5) is 16.3. The van der Waals surface area contributed by atoms with Gasteiger partial charge in [-0.25, -0.2) is 0 Å². The Hall–Kier alpha value is -2.57. The van der Waals surface area contributed by atoms with Crippen LogP contribution >= 0.6 is 0 Å². The van der Waals surface area contributed by atoms with Crippen molar-refractivity contribution < 1.29 is 14.6 Å². The van der Waals surface area contributed by atoms with Crippen LogP contribution in [0.25, 0.3) is 0 Å². The number of carbonyl (C=O) groups is 1. The highest BCUT2D eigenvalue weighted by molar-refractivity contribution is 5.91. The Balaban J connectivity index is 1.33. The summed E-state index contributed by atoms with van der Waals surface area (Å²) in [5.41, 5.74) is 3.16. The van der Waals surface area contributed by atoms with E-state index in [0.29, 0.717) is 0 Å². The summed E-state index contributed by atoms with van der Waals surface area (Å²) in [6, 6.07) is 16.1. The van der Waals surface area contributed by atoms with E-state index in [1.807, 2.05) is 30.3 Å². The molecule has 2 N–H and O–H groups in total. The summed E-state index contributed by atoms with van der Waals surface area (Å²) in [7, 11) is 1.73. The van der Waals surface area contributed by atoms with E-state index in [1.165, 1.54) is 24.1 Å². The molecule has 0 saturated carbocycles. The van der Waals surface area contributed by atoms with Gasteiger partial charge in [-0.05, 0) is 55.6 Å². The Morgan fingerprint density at radius 2 is 1.83 bits per heavy atom. The first-order valence-corrected chi connectivity index (χ1v) is 10.8. The molecule has 1 fully saturated rings. The number of hydrogen-bond acceptors (Lipinski definition) is 5. The second kappa shape index (κ2) is 11.6. The molecule has 2 aromatic rings. The highest BCUT2D eigenvalue weighted by Crippen LogP contribution is 2.28. The van der Waals surface area contributed by atoms with E-state index < -0.39 is 6.61 Å². The molecule has 0 aromatic heterocycles. The second-order valence-electron chi connectivity index (χ2n) is 7.72. The van der Waals surface area contributed by atoms with E-state index in [9.17, 15) is 4.79 Å². The van der Waals surface area contributed by atoms with Crippen LogP contribution < -0.4 is 15.0 Å². The number of methoxy groups -OCH3 is 1. The molecule has 1 amide bonds. The molecule has 1 saturated heterocycles. The van der Waals surface area contributed by atoms with Gasteiger partial charge in [-0.3, -0.25) is 9.69 Å². The molecule has 1 aliphatic rings. The highest BCUT2D eigenvalue weighted by atomic mass is 16.5. The minimum atomic E-state index is -0.489. The van der Waals surface area contributed by atoms with E-state index in [2.05, 4.69) is 33.3 Å². The minimum absolute atomic E-state index is 0.377. The molecule has 0 unspecified atom stereocenters. The van der Waals surface area contributed by atoms with Gasteiger partial charge in [-0.2, -0.15) is 0 Å². The Kier molecular flexibility index (Phi) is 8.53. The molecule has 0 bridgehead atoms. The van der Waals surface area contributed by atoms with Crippen LogP contribution in [0.1, 0.15) is 24.8 Å². The second-order valence-corrected chi connectivity index (χ2v) is 7.72. The molecule has 0 radical (unpaired) electrons. The predicted molar refractivity (Wildman–Crippen MR) is 121 cm³/mol. The van der Waals surface area contributed by atoms with Gasteiger partial charge in [0.1, 0.15) is 12.4 Å². The number of nitrogens with zero attached hydrogens (tertiary/aromatic N) is 2. The summed E-state index contributed by atoms with van der Waals surface area (Å²) in [6.07, 6.45) is 4.54. The molecule has 1 aliphatic heterocycles. The quantitative estimate of drug-likeness (QED) is 0.588. The van der Waals surface area contributed by atoms with Crippen LogP contribution in [0.5, 0.6) is 5.75 Å². The van der Waals surface area contributed by atoms with Crippen LogP contribution in [0.4, 0.5) is 11.4 Å². The molecular weight excluding hydrogens is 378 g/mol. The van der Waals surface area contributed by atoms with Crippen LogP contribution in [0.15, 0.2) is 48.5 Å². The molecule has 0 atom stereocenters. The number of carbonyl (C=O) groups excluding carboxylic acids is 1. The topological polar surface area (TPSA) is 65.0 Å². The molecular formula is C24H33N3O3. The number of aliphatic hydroxyl groups is 1. The Morgan fingerprint density at radius 3 is 2.60 bits per heavy atom. The number of ether oxygens (including phenoxy) is 1. The van der Waals surface area contributed by atoms with Crippen molar-refractivity contribution in [1.29, 1.82) is 0 Å². The fourth-order valence-electron chi connectivity index (χ4n) is 3.95. The van der Waals surface area contributed by atoms with E-state index in [1.54, 1.807) is 7.11 Å². The molecule has 0 aliphatic carbocycles. The lowest BCUT2D eigenvalue weighted by atomic mass is 10.1. The predicted octanol–water partition coefficient (Wildman–Crippen LogP) is 3.16. The van der Waals surface area contributed by atoms with Gasteiger partial charge < -0.3 is 20.1 Å². The standard InChI is InChI=1S/C24H33N3O3/c1-30-23-12-5-4-11-22(23)27-16-14-26(15-17-27)13-6-2-3-8-20-9-7-10-21(18-20)25-24(29)19-28/h4-5,7,9-12,18,28H,2-3,6,8,13-17,19H2,1H3,(H,25,29). The van der Waals surface area contributed by atoms with Crippen LogP contribution in [-0.2, 0) is 11.2 Å². The number of amides is 1. The third kappa shape index (κ3) is 6.47. The highest BCUT2D eigenvalue weighted by Gasteiger charge is 2.18. The molecule has 162 valence electrons. The van der Waals surface area contributed by atoms with Gasteiger partial charge in [0.05, 0.1) is 12.8 Å². The third-order valence-electron chi connectivity index (χ3n) is 5.59. The zero-order valence-corrected chi connectivity index (χ0v) is 17.8. The first-order chi connectivity index (χ1) is 14.7. The Morgan fingerprint density at radius 1 is 1.03 bits per heavy atom. The molecule has 6 heteroatoms. The van der Waals surface area contributed by atoms with Gasteiger partial charge >= 0.3 is 0 Å². The lowest BCUT2D eigenvalue weighted by Gasteiger charge is -2.36. The van der Waals surface area contributed by atoms with Crippen molar-refractivity contribution in [2.45, 2.75) is 25.7 Å². The van der Waals surface area contributed by atoms with Crippen LogP contribution in [0, 0.1) is 0 Å². The number of anilines is 2. The minimum Gasteiger partial charge on any atom is -0.495 e. The van der Waals surface area contributed by atoms with E-state index >= 15 is 0 Å². The smallest absolute Gasteiger partial charge is 0.250 e. The Labute approximate surface area is 179 Å². The summed E-state index contributed by atoms with van der Waals surface area (Å²) in [6.45, 7) is 4.90. The maximum Gasteiger partial charge on any atom is 0.250 e. The molecule has 30 heavy (non-hydrogen) atoms. The maximum absolute atomic E-state index is 11.3. The summed E-state index contributed by atoms with van der Waals surface area (Å²) >= 11 is 0. The van der Waals surface area contributed by atoms with E-state index in [0.717, 1.165) is 57.0 Å². The van der Waals surface area contributed by atoms with Gasteiger partial charge in [-0.15, -0.1) is 0 Å². The number of aliphatic hydroxyl groups excluding tert-OH is 1. The van der Waals surface area contributed by atoms with Crippen molar-refractivity contribution in [2.75, 3.05) is 56.7 Å². The lowest BCUT2D eigenvalue weighted by Crippen LogP contribution is -2.46. The summed E-state index contributed by atoms with van der Waals surface area (Å²) in [5, 5.41) is 11.5. The molecule has 3 rings (SSSR count). The first kappa shape index (κ1) is 22.1. The molecule has 1 heterocycles. The number of unbranched alkanes of at least 4 members (excludes halogenated alkanes) is 2. The van der Waals surface area contributed by atoms with Crippen molar-refractivity contribution in [3.8, 4) is 5.75 Å².